The van der Waals surface area contributed by atoms with E-state index in [-0.39, 0.29) is 5.92 Å². The smallest absolute Gasteiger partial charge is 0.408 e. The van der Waals surface area contributed by atoms with Gasteiger partial charge in [-0.05, 0) is 26.3 Å². The van der Waals surface area contributed by atoms with Crippen molar-refractivity contribution in [2.75, 3.05) is 5.32 Å². The van der Waals surface area contributed by atoms with Crippen LogP contribution in [0.2, 0.25) is 0 Å². The topological polar surface area (TPSA) is 106 Å². The van der Waals surface area contributed by atoms with Crippen LogP contribution in [0.3, 0.4) is 0 Å². The summed E-state index contributed by atoms with van der Waals surface area (Å²) in [5.74, 6) is 1.94. The molecule has 2 amide bonds. The van der Waals surface area contributed by atoms with Crippen molar-refractivity contribution in [3.8, 4) is 0 Å². The van der Waals surface area contributed by atoms with Crippen molar-refractivity contribution in [3.05, 3.63) is 59.9 Å². The third-order valence-corrected chi connectivity index (χ3v) is 6.34. The van der Waals surface area contributed by atoms with E-state index in [1.54, 1.807) is 57.4 Å². The van der Waals surface area contributed by atoms with Gasteiger partial charge in [0.1, 0.15) is 17.4 Å². The number of hydrogen-bond acceptors (Lipinski definition) is 8. The molecule has 3 aromatic rings. The lowest BCUT2D eigenvalue weighted by atomic mass is 10.1. The summed E-state index contributed by atoms with van der Waals surface area (Å²) in [5, 5.41) is 5.88. The number of ether oxygens (including phenoxy) is 1. The summed E-state index contributed by atoms with van der Waals surface area (Å²) in [4.78, 5) is 33.9. The lowest BCUT2D eigenvalue weighted by molar-refractivity contribution is -0.118. The summed E-state index contributed by atoms with van der Waals surface area (Å²) in [6, 6.07) is 8.06. The molecule has 8 nitrogen and oxygen atoms in total. The number of amides is 2. The van der Waals surface area contributed by atoms with Crippen LogP contribution >= 0.6 is 23.1 Å². The predicted molar refractivity (Wildman–Crippen MR) is 129 cm³/mol. The number of carbonyl (C=O) groups is 2. The van der Waals surface area contributed by atoms with Crippen molar-refractivity contribution >= 4 is 40.2 Å². The van der Waals surface area contributed by atoms with E-state index in [0.29, 0.717) is 22.3 Å². The van der Waals surface area contributed by atoms with Crippen LogP contribution in [-0.4, -0.2) is 27.6 Å². The number of alkyl carbamates (subject to hydrolysis) is 1. The van der Waals surface area contributed by atoms with E-state index in [1.807, 2.05) is 6.07 Å². The maximum absolute atomic E-state index is 13.0. The van der Waals surface area contributed by atoms with E-state index in [1.165, 1.54) is 23.1 Å². The number of hydrogen-bond donors (Lipinski definition) is 2. The van der Waals surface area contributed by atoms with E-state index in [2.05, 4.69) is 34.4 Å². The van der Waals surface area contributed by atoms with E-state index >= 15 is 0 Å². The first-order valence-electron chi connectivity index (χ1n) is 10.5. The minimum absolute atomic E-state index is 0.285. The second-order valence-electron chi connectivity index (χ2n) is 8.56. The molecule has 176 valence electrons. The number of benzene rings is 1. The highest BCUT2D eigenvalue weighted by Gasteiger charge is 2.26. The van der Waals surface area contributed by atoms with Crippen molar-refractivity contribution in [3.63, 3.8) is 0 Å². The largest absolute Gasteiger partial charge is 0.445 e. The number of anilines is 1. The Labute approximate surface area is 201 Å². The highest BCUT2D eigenvalue weighted by Crippen LogP contribution is 2.31. The number of aromatic nitrogens is 2. The van der Waals surface area contributed by atoms with Crippen LogP contribution in [0.25, 0.3) is 0 Å². The molecule has 0 fully saturated rings. The molecule has 0 aliphatic carbocycles. The van der Waals surface area contributed by atoms with Crippen molar-refractivity contribution in [1.82, 2.24) is 15.3 Å². The molecule has 0 spiro atoms. The molecule has 2 aromatic heterocycles. The Bertz CT molecular complexity index is 1070. The SMILES string of the molecule is CC(C)c1cnc(CSc2cnc(NC(=O)[C@@H](NC(=O)OC(C)(C)C)c3ccccc3)s2)o1. The molecule has 0 radical (unpaired) electrons. The molecular formula is C23H28N4O4S2. The molecule has 2 heterocycles. The van der Waals surface area contributed by atoms with Crippen LogP contribution in [0.4, 0.5) is 9.93 Å². The Morgan fingerprint density at radius 3 is 2.52 bits per heavy atom. The minimum atomic E-state index is -0.928. The Hall–Kier alpha value is -2.85. The fourth-order valence-corrected chi connectivity index (χ4v) is 4.45. The summed E-state index contributed by atoms with van der Waals surface area (Å²) in [5.41, 5.74) is -0.0426. The van der Waals surface area contributed by atoms with Crippen LogP contribution in [0.1, 0.15) is 63.8 Å². The summed E-state index contributed by atoms with van der Waals surface area (Å²) >= 11 is 2.87. The fourth-order valence-electron chi connectivity index (χ4n) is 2.72. The first-order valence-corrected chi connectivity index (χ1v) is 12.3. The second-order valence-corrected chi connectivity index (χ2v) is 10.9. The van der Waals surface area contributed by atoms with Crippen LogP contribution < -0.4 is 10.6 Å². The minimum Gasteiger partial charge on any atom is -0.445 e. The van der Waals surface area contributed by atoms with Gasteiger partial charge in [0.2, 0.25) is 5.89 Å². The summed E-state index contributed by atoms with van der Waals surface area (Å²) in [6.07, 6.45) is 2.77. The Morgan fingerprint density at radius 2 is 1.88 bits per heavy atom. The summed E-state index contributed by atoms with van der Waals surface area (Å²) < 4.78 is 12.0. The van der Waals surface area contributed by atoms with Crippen LogP contribution in [0.15, 0.2) is 51.4 Å². The van der Waals surface area contributed by atoms with Gasteiger partial charge in [-0.15, -0.1) is 11.8 Å². The number of rotatable bonds is 8. The zero-order chi connectivity index (χ0) is 24.0. The first kappa shape index (κ1) is 24.8. The lowest BCUT2D eigenvalue weighted by Gasteiger charge is -2.23. The molecule has 0 bridgehead atoms. The van der Waals surface area contributed by atoms with Gasteiger partial charge in [0, 0.05) is 5.92 Å². The highest BCUT2D eigenvalue weighted by atomic mass is 32.2. The maximum atomic E-state index is 13.0. The molecular weight excluding hydrogens is 460 g/mol. The molecule has 0 aliphatic rings. The number of thioether (sulfide) groups is 1. The van der Waals surface area contributed by atoms with Crippen molar-refractivity contribution in [1.29, 1.82) is 0 Å². The average Bonchev–Trinajstić information content (AvgIpc) is 3.39. The predicted octanol–water partition coefficient (Wildman–Crippen LogP) is 5.75. The lowest BCUT2D eigenvalue weighted by Crippen LogP contribution is -2.40. The van der Waals surface area contributed by atoms with Gasteiger partial charge in [-0.1, -0.05) is 55.5 Å². The number of oxazole rings is 1. The summed E-state index contributed by atoms with van der Waals surface area (Å²) in [7, 11) is 0. The molecule has 3 rings (SSSR count). The molecule has 0 aliphatic heterocycles. The number of thiazole rings is 1. The standard InChI is InChI=1S/C23H28N4O4S2/c1-14(2)16-11-24-17(30-16)13-32-18-12-25-21(33-18)27-20(28)19(15-9-7-6-8-10-15)26-22(29)31-23(3,4)5/h6-12,14,19H,13H2,1-5H3,(H,26,29)(H,25,27,28)/t19-/m0/s1. The zero-order valence-corrected chi connectivity index (χ0v) is 20.9. The van der Waals surface area contributed by atoms with Crippen LogP contribution in [0, 0.1) is 0 Å². The number of carbonyl (C=O) groups excluding carboxylic acids is 2. The van der Waals surface area contributed by atoms with Crippen molar-refractivity contribution in [2.24, 2.45) is 0 Å². The third kappa shape index (κ3) is 7.61. The Balaban J connectivity index is 1.64. The second kappa shape index (κ2) is 10.8. The molecule has 0 saturated carbocycles. The quantitative estimate of drug-likeness (QED) is 0.389. The van der Waals surface area contributed by atoms with E-state index < -0.39 is 23.6 Å². The van der Waals surface area contributed by atoms with Gasteiger partial charge in [-0.2, -0.15) is 0 Å². The average molecular weight is 489 g/mol. The van der Waals surface area contributed by atoms with E-state index in [0.717, 1.165) is 9.97 Å². The molecule has 1 aromatic carbocycles. The molecule has 33 heavy (non-hydrogen) atoms. The van der Waals surface area contributed by atoms with Crippen LogP contribution in [-0.2, 0) is 15.3 Å². The maximum Gasteiger partial charge on any atom is 0.408 e. The monoisotopic (exact) mass is 488 g/mol. The van der Waals surface area contributed by atoms with Crippen LogP contribution in [0.5, 0.6) is 0 Å². The van der Waals surface area contributed by atoms with Gasteiger partial charge in [0.25, 0.3) is 5.91 Å². The van der Waals surface area contributed by atoms with Gasteiger partial charge >= 0.3 is 6.09 Å². The highest BCUT2D eigenvalue weighted by molar-refractivity contribution is 8.00. The van der Waals surface area contributed by atoms with Crippen molar-refractivity contribution < 1.29 is 18.7 Å². The molecule has 0 unspecified atom stereocenters. The van der Waals surface area contributed by atoms with Gasteiger partial charge in [-0.3, -0.25) is 10.1 Å². The van der Waals surface area contributed by atoms with E-state index in [9.17, 15) is 9.59 Å². The third-order valence-electron chi connectivity index (χ3n) is 4.25. The number of nitrogens with one attached hydrogen (secondary N) is 2. The van der Waals surface area contributed by atoms with Crippen molar-refractivity contribution in [2.45, 2.75) is 62.1 Å². The Kier molecular flexibility index (Phi) is 8.15. The first-order chi connectivity index (χ1) is 15.6. The molecule has 1 atom stereocenters. The van der Waals surface area contributed by atoms with Gasteiger partial charge in [0.15, 0.2) is 5.13 Å². The molecule has 0 saturated heterocycles. The molecule has 2 N–H and O–H groups in total. The summed E-state index contributed by atoms with van der Waals surface area (Å²) in [6.45, 7) is 9.40. The molecule has 10 heteroatoms. The van der Waals surface area contributed by atoms with Gasteiger partial charge < -0.3 is 14.5 Å². The zero-order valence-electron chi connectivity index (χ0n) is 19.2. The normalized spacial score (nSPS) is 12.4. The van der Waals surface area contributed by atoms with Gasteiger partial charge in [0.05, 0.1) is 22.4 Å². The van der Waals surface area contributed by atoms with E-state index in [4.69, 9.17) is 9.15 Å². The van der Waals surface area contributed by atoms with Gasteiger partial charge in [-0.25, -0.2) is 14.8 Å². The number of nitrogens with zero attached hydrogens (tertiary/aromatic N) is 2. The fraction of sp³-hybridized carbons (Fsp3) is 0.391. The Morgan fingerprint density at radius 1 is 1.15 bits per heavy atom.